The van der Waals surface area contributed by atoms with Crippen molar-refractivity contribution in [3.05, 3.63) is 0 Å². The summed E-state index contributed by atoms with van der Waals surface area (Å²) in [5.41, 5.74) is 0. The van der Waals surface area contributed by atoms with Gasteiger partial charge in [-0.15, -0.1) is 0 Å². The Morgan fingerprint density at radius 2 is 1.00 bits per heavy atom. The van der Waals surface area contributed by atoms with Crippen molar-refractivity contribution in [3.8, 4) is 0 Å². The summed E-state index contributed by atoms with van der Waals surface area (Å²) < 4.78 is 0. The van der Waals surface area contributed by atoms with Gasteiger partial charge in [0.1, 0.15) is 0 Å². The van der Waals surface area contributed by atoms with E-state index >= 15 is 0 Å². The highest BCUT2D eigenvalue weighted by Gasteiger charge is 2.00. The lowest BCUT2D eigenvalue weighted by Crippen LogP contribution is -1.97. The van der Waals surface area contributed by atoms with E-state index < -0.39 is 0 Å². The first-order chi connectivity index (χ1) is 6.47. The summed E-state index contributed by atoms with van der Waals surface area (Å²) in [4.78, 5) is 0. The van der Waals surface area contributed by atoms with Gasteiger partial charge in [0.05, 0.1) is 0 Å². The van der Waals surface area contributed by atoms with Gasteiger partial charge in [0, 0.05) is 0 Å². The quantitative estimate of drug-likeness (QED) is 0.548. The zero-order chi connectivity index (χ0) is 11.6. The minimum absolute atomic E-state index is 0.880. The molecule has 1 atom stereocenters. The lowest BCUT2D eigenvalue weighted by atomic mass is 9.97. The zero-order valence-electron chi connectivity index (χ0n) is 11.6. The maximum Gasteiger partial charge on any atom is -0.0443 e. The second-order valence-corrected chi connectivity index (χ2v) is 5.06. The third-order valence-electron chi connectivity index (χ3n) is 2.96. The first-order valence-electron chi connectivity index (χ1n) is 6.47. The monoisotopic (exact) mass is 200 g/mol. The van der Waals surface area contributed by atoms with Crippen molar-refractivity contribution in [1.29, 1.82) is 0 Å². The fraction of sp³-hybridized carbons (Fsp3) is 1.00. The van der Waals surface area contributed by atoms with Crippen LogP contribution in [0.2, 0.25) is 0 Å². The van der Waals surface area contributed by atoms with Gasteiger partial charge < -0.3 is 0 Å². The summed E-state index contributed by atoms with van der Waals surface area (Å²) in [6.07, 6.45) is 5.38. The molecule has 0 aliphatic heterocycles. The van der Waals surface area contributed by atoms with Gasteiger partial charge in [0.25, 0.3) is 0 Å². The van der Waals surface area contributed by atoms with Gasteiger partial charge in [-0.05, 0) is 24.2 Å². The normalized spacial score (nSPS) is 12.6. The average Bonchev–Trinajstić information content (AvgIpc) is 2.16. The Morgan fingerprint density at radius 3 is 1.07 bits per heavy atom. The Bertz CT molecular complexity index is 90.2. The molecule has 0 radical (unpaired) electrons. The molecule has 0 N–H and O–H groups in total. The van der Waals surface area contributed by atoms with Gasteiger partial charge in [-0.2, -0.15) is 0 Å². The van der Waals surface area contributed by atoms with Crippen molar-refractivity contribution < 1.29 is 0 Å². The van der Waals surface area contributed by atoms with Crippen molar-refractivity contribution >= 4 is 0 Å². The summed E-state index contributed by atoms with van der Waals surface area (Å²) in [6, 6.07) is 0. The smallest absolute Gasteiger partial charge is 0.0443 e. The van der Waals surface area contributed by atoms with E-state index in [9.17, 15) is 0 Å². The van der Waals surface area contributed by atoms with Crippen LogP contribution in [0.4, 0.5) is 0 Å². The SMILES string of the molecule is CCC(C)CC.CCC(C)CC(C)C. The van der Waals surface area contributed by atoms with Crippen molar-refractivity contribution in [1.82, 2.24) is 0 Å². The van der Waals surface area contributed by atoms with E-state index in [0.29, 0.717) is 0 Å². The molecule has 0 heterocycles. The van der Waals surface area contributed by atoms with Crippen LogP contribution in [-0.4, -0.2) is 0 Å². The summed E-state index contributed by atoms with van der Waals surface area (Å²) >= 11 is 0. The first-order valence-corrected chi connectivity index (χ1v) is 6.47. The average molecular weight is 200 g/mol. The molecule has 0 saturated carbocycles. The van der Waals surface area contributed by atoms with Crippen LogP contribution in [0.25, 0.3) is 0 Å². The van der Waals surface area contributed by atoms with E-state index in [1.54, 1.807) is 0 Å². The van der Waals surface area contributed by atoms with Crippen LogP contribution in [0.3, 0.4) is 0 Å². The molecule has 0 aliphatic carbocycles. The van der Waals surface area contributed by atoms with Crippen molar-refractivity contribution in [2.75, 3.05) is 0 Å². The Hall–Kier alpha value is 0. The molecule has 0 nitrogen and oxygen atoms in total. The molecule has 0 saturated heterocycles. The Kier molecular flexibility index (Phi) is 13.0. The largest absolute Gasteiger partial charge is 0.0651 e. The van der Waals surface area contributed by atoms with Crippen LogP contribution in [-0.2, 0) is 0 Å². The molecule has 0 aromatic rings. The third kappa shape index (κ3) is 14.5. The molecule has 0 spiro atoms. The standard InChI is InChI=1S/C8H18.C6H14/c1-5-8(4)6-7(2)3;1-4-6(3)5-2/h7-8H,5-6H2,1-4H3;6H,4-5H2,1-3H3. The molecule has 0 rings (SSSR count). The molecule has 0 aliphatic rings. The molecule has 0 fully saturated rings. The van der Waals surface area contributed by atoms with E-state index in [1.807, 2.05) is 0 Å². The van der Waals surface area contributed by atoms with Crippen molar-refractivity contribution in [2.24, 2.45) is 17.8 Å². The van der Waals surface area contributed by atoms with Gasteiger partial charge in [-0.1, -0.05) is 67.7 Å². The predicted molar refractivity (Wildman–Crippen MR) is 68.7 cm³/mol. The number of hydrogen-bond acceptors (Lipinski definition) is 0. The Labute approximate surface area is 92.5 Å². The highest BCUT2D eigenvalue weighted by molar-refractivity contribution is 4.52. The molecule has 0 aromatic heterocycles. The van der Waals surface area contributed by atoms with Gasteiger partial charge in [0.15, 0.2) is 0 Å². The highest BCUT2D eigenvalue weighted by atomic mass is 14.1. The Morgan fingerprint density at radius 1 is 0.643 bits per heavy atom. The van der Waals surface area contributed by atoms with Gasteiger partial charge in [-0.3, -0.25) is 0 Å². The van der Waals surface area contributed by atoms with Gasteiger partial charge in [0.2, 0.25) is 0 Å². The number of rotatable bonds is 5. The van der Waals surface area contributed by atoms with Crippen LogP contribution < -0.4 is 0 Å². The number of hydrogen-bond donors (Lipinski definition) is 0. The van der Waals surface area contributed by atoms with E-state index in [0.717, 1.165) is 17.8 Å². The zero-order valence-corrected chi connectivity index (χ0v) is 11.6. The topological polar surface area (TPSA) is 0 Å². The lowest BCUT2D eigenvalue weighted by molar-refractivity contribution is 0.429. The summed E-state index contributed by atoms with van der Waals surface area (Å²) in [7, 11) is 0. The molecule has 0 aromatic carbocycles. The van der Waals surface area contributed by atoms with Gasteiger partial charge >= 0.3 is 0 Å². The molecule has 0 heteroatoms. The second-order valence-electron chi connectivity index (χ2n) is 5.06. The van der Waals surface area contributed by atoms with Crippen LogP contribution >= 0.6 is 0 Å². The minimum atomic E-state index is 0.880. The van der Waals surface area contributed by atoms with Crippen LogP contribution in [0.1, 0.15) is 74.1 Å². The Balaban J connectivity index is 0. The van der Waals surface area contributed by atoms with Crippen LogP contribution in [0.5, 0.6) is 0 Å². The summed E-state index contributed by atoms with van der Waals surface area (Å²) in [5.74, 6) is 2.74. The first kappa shape index (κ1) is 16.4. The predicted octanol–water partition coefficient (Wildman–Crippen LogP) is 5.52. The molecule has 0 bridgehead atoms. The molecule has 14 heavy (non-hydrogen) atoms. The lowest BCUT2D eigenvalue weighted by Gasteiger charge is -2.09. The minimum Gasteiger partial charge on any atom is -0.0651 e. The van der Waals surface area contributed by atoms with Crippen molar-refractivity contribution in [2.45, 2.75) is 74.1 Å². The molecular formula is C14H32. The summed E-state index contributed by atoms with van der Waals surface area (Å²) in [5, 5.41) is 0. The molecule has 88 valence electrons. The van der Waals surface area contributed by atoms with E-state index in [2.05, 4.69) is 48.5 Å². The fourth-order valence-electron chi connectivity index (χ4n) is 1.26. The van der Waals surface area contributed by atoms with Gasteiger partial charge in [-0.25, -0.2) is 0 Å². The maximum absolute atomic E-state index is 2.32. The third-order valence-corrected chi connectivity index (χ3v) is 2.96. The molecule has 0 amide bonds. The maximum atomic E-state index is 2.32. The fourth-order valence-corrected chi connectivity index (χ4v) is 1.26. The van der Waals surface area contributed by atoms with Crippen molar-refractivity contribution in [3.63, 3.8) is 0 Å². The molecule has 1 unspecified atom stereocenters. The van der Waals surface area contributed by atoms with Crippen LogP contribution in [0.15, 0.2) is 0 Å². The molecular weight excluding hydrogens is 168 g/mol. The summed E-state index contributed by atoms with van der Waals surface area (Å²) in [6.45, 7) is 15.9. The van der Waals surface area contributed by atoms with E-state index in [1.165, 1.54) is 25.7 Å². The second kappa shape index (κ2) is 11.1. The highest BCUT2D eigenvalue weighted by Crippen LogP contribution is 2.12. The van der Waals surface area contributed by atoms with Crippen LogP contribution in [0, 0.1) is 17.8 Å². The van der Waals surface area contributed by atoms with E-state index in [-0.39, 0.29) is 0 Å². The van der Waals surface area contributed by atoms with E-state index in [4.69, 9.17) is 0 Å².